The summed E-state index contributed by atoms with van der Waals surface area (Å²) >= 11 is 1.81. The average molecular weight is 493 g/mol. The van der Waals surface area contributed by atoms with E-state index >= 15 is 0 Å². The lowest BCUT2D eigenvalue weighted by Crippen LogP contribution is -2.59. The molecule has 1 N–H and O–H groups in total. The van der Waals surface area contributed by atoms with Crippen LogP contribution in [-0.2, 0) is 16.0 Å². The number of fused-ring (bicyclic) bond motifs is 1. The van der Waals surface area contributed by atoms with Crippen molar-refractivity contribution in [2.24, 2.45) is 0 Å². The van der Waals surface area contributed by atoms with Gasteiger partial charge >= 0.3 is 0 Å². The number of nitrogens with zero attached hydrogens (tertiary/aromatic N) is 1. The highest BCUT2D eigenvalue weighted by molar-refractivity contribution is 7.09. The molecule has 1 aromatic heterocycles. The van der Waals surface area contributed by atoms with Gasteiger partial charge in [-0.25, -0.2) is 0 Å². The van der Waals surface area contributed by atoms with Gasteiger partial charge in [0.15, 0.2) is 6.10 Å². The zero-order chi connectivity index (χ0) is 24.3. The van der Waals surface area contributed by atoms with Crippen molar-refractivity contribution in [3.63, 3.8) is 0 Å². The van der Waals surface area contributed by atoms with Crippen molar-refractivity contribution < 1.29 is 14.3 Å². The molecule has 1 saturated heterocycles. The van der Waals surface area contributed by atoms with Gasteiger partial charge in [-0.2, -0.15) is 0 Å². The van der Waals surface area contributed by atoms with Gasteiger partial charge in [0.05, 0.1) is 5.60 Å². The summed E-state index contributed by atoms with van der Waals surface area (Å²) in [4.78, 5) is 17.1. The zero-order valence-electron chi connectivity index (χ0n) is 20.7. The number of likely N-dealkylation sites (N-methyl/N-ethyl adjacent to an activating group) is 1. The van der Waals surface area contributed by atoms with Gasteiger partial charge in [0.2, 0.25) is 0 Å². The molecule has 4 unspecified atom stereocenters. The van der Waals surface area contributed by atoms with Crippen LogP contribution >= 0.6 is 11.3 Å². The van der Waals surface area contributed by atoms with Crippen molar-refractivity contribution in [1.82, 2.24) is 10.2 Å². The van der Waals surface area contributed by atoms with E-state index in [9.17, 15) is 4.79 Å². The first kappa shape index (κ1) is 24.3. The van der Waals surface area contributed by atoms with E-state index in [1.54, 1.807) is 0 Å². The number of hydrogen-bond acceptors (Lipinski definition) is 5. The Kier molecular flexibility index (Phi) is 7.42. The van der Waals surface area contributed by atoms with Crippen molar-refractivity contribution in [1.29, 1.82) is 0 Å². The maximum absolute atomic E-state index is 13.3. The second kappa shape index (κ2) is 10.7. The molecule has 1 spiro atoms. The maximum atomic E-state index is 13.3. The molecule has 1 saturated carbocycles. The largest absolute Gasteiger partial charge is 0.480 e. The fraction of sp³-hybridized carbons (Fsp3) is 0.483. The van der Waals surface area contributed by atoms with Gasteiger partial charge in [-0.1, -0.05) is 42.5 Å². The summed E-state index contributed by atoms with van der Waals surface area (Å²) in [7, 11) is 2.20. The fourth-order valence-electron chi connectivity index (χ4n) is 5.73. The van der Waals surface area contributed by atoms with Gasteiger partial charge in [0.25, 0.3) is 5.91 Å². The van der Waals surface area contributed by atoms with Crippen LogP contribution in [0.15, 0.2) is 60.0 Å². The Labute approximate surface area is 212 Å². The molecular weight excluding hydrogens is 456 g/mol. The summed E-state index contributed by atoms with van der Waals surface area (Å²) in [5, 5.41) is 7.63. The number of hydrogen-bond donors (Lipinski definition) is 1. The van der Waals surface area contributed by atoms with Crippen molar-refractivity contribution in [2.75, 3.05) is 20.2 Å². The Morgan fingerprint density at radius 2 is 2.06 bits per heavy atom. The summed E-state index contributed by atoms with van der Waals surface area (Å²) in [5.41, 5.74) is -0.0197. The molecule has 0 radical (unpaired) electrons. The number of carbonyl (C=O) groups excluding carboxylic acids is 1. The molecule has 2 aliphatic rings. The lowest BCUT2D eigenvalue weighted by atomic mass is 9.76. The van der Waals surface area contributed by atoms with E-state index in [-0.39, 0.29) is 23.6 Å². The Morgan fingerprint density at radius 3 is 2.86 bits per heavy atom. The van der Waals surface area contributed by atoms with E-state index < -0.39 is 6.10 Å². The molecule has 2 fully saturated rings. The van der Waals surface area contributed by atoms with Crippen LogP contribution in [0.4, 0.5) is 0 Å². The predicted molar refractivity (Wildman–Crippen MR) is 142 cm³/mol. The maximum Gasteiger partial charge on any atom is 0.261 e. The Bertz CT molecular complexity index is 1120. The van der Waals surface area contributed by atoms with Crippen molar-refractivity contribution in [3.8, 4) is 5.75 Å². The highest BCUT2D eigenvalue weighted by Gasteiger charge is 2.45. The highest BCUT2D eigenvalue weighted by atomic mass is 32.1. The number of nitrogens with one attached hydrogen (secondary N) is 1. The minimum Gasteiger partial charge on any atom is -0.480 e. The smallest absolute Gasteiger partial charge is 0.261 e. The zero-order valence-corrected chi connectivity index (χ0v) is 21.6. The van der Waals surface area contributed by atoms with Crippen LogP contribution in [0.25, 0.3) is 10.8 Å². The molecule has 4 atom stereocenters. The van der Waals surface area contributed by atoms with Crippen LogP contribution in [-0.4, -0.2) is 54.8 Å². The van der Waals surface area contributed by atoms with Crippen LogP contribution < -0.4 is 10.1 Å². The second-order valence-electron chi connectivity index (χ2n) is 10.1. The van der Waals surface area contributed by atoms with Crippen LogP contribution in [0, 0.1) is 0 Å². The molecule has 5 rings (SSSR count). The molecule has 1 aliphatic heterocycles. The van der Waals surface area contributed by atoms with Gasteiger partial charge in [-0.15, -0.1) is 11.3 Å². The van der Waals surface area contributed by atoms with E-state index in [0.717, 1.165) is 68.2 Å². The first-order valence-corrected chi connectivity index (χ1v) is 13.7. The van der Waals surface area contributed by atoms with Crippen molar-refractivity contribution in [3.05, 3.63) is 64.9 Å². The molecule has 3 aromatic rings. The third kappa shape index (κ3) is 5.55. The SMILES string of the molecule is CC(Oc1cccc2ccccc12)C(=O)NC1CCC2(CCCO2)CC1N(C)CCc1cccs1. The molecule has 1 amide bonds. The highest BCUT2D eigenvalue weighted by Crippen LogP contribution is 2.41. The molecule has 2 heterocycles. The summed E-state index contributed by atoms with van der Waals surface area (Å²) in [5.74, 6) is 0.695. The molecule has 0 bridgehead atoms. The van der Waals surface area contributed by atoms with Gasteiger partial charge < -0.3 is 19.7 Å². The van der Waals surface area contributed by atoms with E-state index in [1.165, 1.54) is 4.88 Å². The van der Waals surface area contributed by atoms with Crippen molar-refractivity contribution in [2.45, 2.75) is 69.2 Å². The quantitative estimate of drug-likeness (QED) is 0.456. The topological polar surface area (TPSA) is 50.8 Å². The van der Waals surface area contributed by atoms with Gasteiger partial charge in [0.1, 0.15) is 5.75 Å². The van der Waals surface area contributed by atoms with E-state index in [2.05, 4.69) is 46.9 Å². The number of carbonyl (C=O) groups is 1. The molecular formula is C29H36N2O3S. The second-order valence-corrected chi connectivity index (χ2v) is 11.1. The first-order chi connectivity index (χ1) is 17.0. The van der Waals surface area contributed by atoms with E-state index in [1.807, 2.05) is 48.6 Å². The summed E-state index contributed by atoms with van der Waals surface area (Å²) < 4.78 is 12.4. The van der Waals surface area contributed by atoms with Crippen LogP contribution in [0.3, 0.4) is 0 Å². The Hall–Kier alpha value is -2.41. The molecule has 1 aliphatic carbocycles. The lowest BCUT2D eigenvalue weighted by Gasteiger charge is -2.46. The average Bonchev–Trinajstić information content (AvgIpc) is 3.56. The summed E-state index contributed by atoms with van der Waals surface area (Å²) in [6.07, 6.45) is 5.63. The van der Waals surface area contributed by atoms with Gasteiger partial charge in [-0.05, 0) is 75.4 Å². The molecule has 5 nitrogen and oxygen atoms in total. The third-order valence-electron chi connectivity index (χ3n) is 7.75. The molecule has 186 valence electrons. The Balaban J connectivity index is 1.26. The fourth-order valence-corrected chi connectivity index (χ4v) is 6.43. The summed E-state index contributed by atoms with van der Waals surface area (Å²) in [6.45, 7) is 3.67. The number of amides is 1. The van der Waals surface area contributed by atoms with Crippen molar-refractivity contribution >= 4 is 28.0 Å². The number of benzene rings is 2. The number of ether oxygens (including phenoxy) is 2. The lowest BCUT2D eigenvalue weighted by molar-refractivity contribution is -0.130. The number of thiophene rings is 1. The van der Waals surface area contributed by atoms with Gasteiger partial charge in [-0.3, -0.25) is 4.79 Å². The third-order valence-corrected chi connectivity index (χ3v) is 8.69. The first-order valence-electron chi connectivity index (χ1n) is 12.8. The van der Waals surface area contributed by atoms with Crippen LogP contribution in [0.5, 0.6) is 5.75 Å². The molecule has 35 heavy (non-hydrogen) atoms. The molecule has 2 aromatic carbocycles. The molecule has 6 heteroatoms. The van der Waals surface area contributed by atoms with E-state index in [4.69, 9.17) is 9.47 Å². The summed E-state index contributed by atoms with van der Waals surface area (Å²) in [6, 6.07) is 18.7. The Morgan fingerprint density at radius 1 is 1.20 bits per heavy atom. The number of rotatable bonds is 8. The minimum atomic E-state index is -0.573. The van der Waals surface area contributed by atoms with E-state index in [0.29, 0.717) is 0 Å². The standard InChI is InChI=1S/C29H36N2O3S/c1-21(34-27-12-5-9-22-8-3-4-11-24(22)27)28(32)30-25-13-16-29(15-7-18-33-29)20-26(25)31(2)17-14-23-10-6-19-35-23/h3-6,8-12,19,21,25-26H,7,13-18,20H2,1-2H3,(H,30,32). The monoisotopic (exact) mass is 492 g/mol. The van der Waals surface area contributed by atoms with Gasteiger partial charge in [0, 0.05) is 35.5 Å². The predicted octanol–water partition coefficient (Wildman–Crippen LogP) is 5.43. The van der Waals surface area contributed by atoms with Crippen LogP contribution in [0.2, 0.25) is 0 Å². The minimum absolute atomic E-state index is 0.0197. The normalized spacial score (nSPS) is 25.2. The van der Waals surface area contributed by atoms with Crippen LogP contribution in [0.1, 0.15) is 43.9 Å².